The minimum absolute atomic E-state index is 0.263. The van der Waals surface area contributed by atoms with E-state index in [0.717, 1.165) is 51.4 Å². The number of unbranched alkanes of at least 4 members (excludes halogenated alkanes) is 4. The molecule has 8 nitrogen and oxygen atoms in total. The molecule has 0 amide bonds. The summed E-state index contributed by atoms with van der Waals surface area (Å²) in [6.45, 7) is 15.5. The van der Waals surface area contributed by atoms with E-state index in [-0.39, 0.29) is 48.8 Å². The Labute approximate surface area is 269 Å². The van der Waals surface area contributed by atoms with Gasteiger partial charge in [-0.1, -0.05) is 107 Å². The Morgan fingerprint density at radius 1 is 0.409 bits per heavy atom. The van der Waals surface area contributed by atoms with E-state index >= 15 is 0 Å². The first-order valence-corrected chi connectivity index (χ1v) is 17.9. The maximum absolute atomic E-state index is 13.4. The molecule has 0 aromatic carbocycles. The van der Waals surface area contributed by atoms with Gasteiger partial charge in [0.1, 0.15) is 13.2 Å². The van der Waals surface area contributed by atoms with Crippen LogP contribution in [-0.2, 0) is 38.1 Å². The van der Waals surface area contributed by atoms with Gasteiger partial charge in [0, 0.05) is 0 Å². The predicted molar refractivity (Wildman–Crippen MR) is 175 cm³/mol. The number of rotatable bonds is 27. The minimum atomic E-state index is -1.10. The van der Waals surface area contributed by atoms with Crippen LogP contribution in [-0.4, -0.2) is 49.3 Å². The van der Waals surface area contributed by atoms with Gasteiger partial charge in [0.2, 0.25) is 0 Å². The summed E-state index contributed by atoms with van der Waals surface area (Å²) < 4.78 is 23.5. The van der Waals surface area contributed by atoms with E-state index in [2.05, 4.69) is 27.7 Å². The van der Waals surface area contributed by atoms with Crippen molar-refractivity contribution >= 4 is 23.9 Å². The number of hydrogen-bond acceptors (Lipinski definition) is 8. The third kappa shape index (κ3) is 16.8. The summed E-state index contributed by atoms with van der Waals surface area (Å²) in [6.07, 6.45) is 10.5. The molecular formula is C36H66O8. The molecule has 0 spiro atoms. The Balaban J connectivity index is 6.26. The summed E-state index contributed by atoms with van der Waals surface area (Å²) in [7, 11) is 0. The largest absolute Gasteiger partial charge is 0.461 e. The highest BCUT2D eigenvalue weighted by molar-refractivity contribution is 5.75. The minimum Gasteiger partial charge on any atom is -0.461 e. The molecule has 0 aliphatic rings. The van der Waals surface area contributed by atoms with Crippen LogP contribution in [0.4, 0.5) is 0 Å². The van der Waals surface area contributed by atoms with Crippen molar-refractivity contribution < 1.29 is 38.1 Å². The zero-order chi connectivity index (χ0) is 33.3. The highest BCUT2D eigenvalue weighted by atomic mass is 16.6. The van der Waals surface area contributed by atoms with Crippen LogP contribution >= 0.6 is 0 Å². The Hall–Kier alpha value is -2.12. The summed E-state index contributed by atoms with van der Waals surface area (Å²) in [5, 5.41) is 0. The molecular weight excluding hydrogens is 560 g/mol. The zero-order valence-corrected chi connectivity index (χ0v) is 29.5. The summed E-state index contributed by atoms with van der Waals surface area (Å²) in [5.74, 6) is -2.73. The van der Waals surface area contributed by atoms with Gasteiger partial charge in [-0.25, -0.2) is 0 Å². The standard InChI is InChI=1S/C36H66O8/c1-9-17-21-27(13-5)33(37)41-25-31(43-35(39)29(15-7)23-19-11-3)32(44-36(40)30(16-8)24-20-12-4)26-42-34(38)28(14-6)22-18-10-2/h27-32H,9-26H2,1-8H3. The molecule has 0 aromatic rings. The molecule has 0 fully saturated rings. The van der Waals surface area contributed by atoms with Crippen LogP contribution in [0.1, 0.15) is 158 Å². The highest BCUT2D eigenvalue weighted by Gasteiger charge is 2.36. The van der Waals surface area contributed by atoms with Gasteiger partial charge in [-0.15, -0.1) is 0 Å². The van der Waals surface area contributed by atoms with Gasteiger partial charge in [-0.2, -0.15) is 0 Å². The fourth-order valence-electron chi connectivity index (χ4n) is 5.25. The van der Waals surface area contributed by atoms with Crippen molar-refractivity contribution in [3.63, 3.8) is 0 Å². The smallest absolute Gasteiger partial charge is 0.309 e. The van der Waals surface area contributed by atoms with Crippen molar-refractivity contribution in [2.75, 3.05) is 13.2 Å². The molecule has 0 saturated carbocycles. The van der Waals surface area contributed by atoms with E-state index < -0.39 is 24.1 Å². The van der Waals surface area contributed by atoms with Crippen molar-refractivity contribution in [1.82, 2.24) is 0 Å². The molecule has 0 aromatic heterocycles. The molecule has 44 heavy (non-hydrogen) atoms. The van der Waals surface area contributed by atoms with E-state index in [1.807, 2.05) is 27.7 Å². The first-order valence-electron chi connectivity index (χ1n) is 17.9. The second-order valence-corrected chi connectivity index (χ2v) is 12.2. The van der Waals surface area contributed by atoms with Gasteiger partial charge in [-0.3, -0.25) is 19.2 Å². The average Bonchev–Trinajstić information content (AvgIpc) is 3.02. The highest BCUT2D eigenvalue weighted by Crippen LogP contribution is 2.23. The van der Waals surface area contributed by atoms with Gasteiger partial charge in [0.05, 0.1) is 23.7 Å². The second-order valence-electron chi connectivity index (χ2n) is 12.2. The van der Waals surface area contributed by atoms with Crippen molar-refractivity contribution in [3.05, 3.63) is 0 Å². The van der Waals surface area contributed by atoms with E-state index in [0.29, 0.717) is 51.4 Å². The van der Waals surface area contributed by atoms with Crippen LogP contribution < -0.4 is 0 Å². The lowest BCUT2D eigenvalue weighted by Crippen LogP contribution is -2.44. The summed E-state index contributed by atoms with van der Waals surface area (Å²) in [6, 6.07) is 0. The molecule has 6 atom stereocenters. The summed E-state index contributed by atoms with van der Waals surface area (Å²) in [4.78, 5) is 52.9. The zero-order valence-electron chi connectivity index (χ0n) is 29.5. The monoisotopic (exact) mass is 626 g/mol. The molecule has 0 rings (SSSR count). The third-order valence-corrected chi connectivity index (χ3v) is 8.66. The third-order valence-electron chi connectivity index (χ3n) is 8.66. The molecule has 0 saturated heterocycles. The first kappa shape index (κ1) is 41.9. The van der Waals surface area contributed by atoms with Crippen LogP contribution in [0.5, 0.6) is 0 Å². The molecule has 8 heteroatoms. The van der Waals surface area contributed by atoms with Crippen LogP contribution in [0.3, 0.4) is 0 Å². The molecule has 258 valence electrons. The molecule has 0 bridgehead atoms. The number of hydrogen-bond donors (Lipinski definition) is 0. The first-order chi connectivity index (χ1) is 21.2. The van der Waals surface area contributed by atoms with Gasteiger partial charge < -0.3 is 18.9 Å². The quantitative estimate of drug-likeness (QED) is 0.0658. The van der Waals surface area contributed by atoms with Crippen molar-refractivity contribution in [2.45, 2.75) is 170 Å². The van der Waals surface area contributed by atoms with Crippen LogP contribution in [0.15, 0.2) is 0 Å². The maximum atomic E-state index is 13.4. The van der Waals surface area contributed by atoms with E-state index in [1.165, 1.54) is 0 Å². The molecule has 0 aliphatic carbocycles. The number of carbonyl (C=O) groups is 4. The van der Waals surface area contributed by atoms with Gasteiger partial charge >= 0.3 is 23.9 Å². The normalized spacial score (nSPS) is 15.4. The lowest BCUT2D eigenvalue weighted by atomic mass is 9.99. The van der Waals surface area contributed by atoms with Gasteiger partial charge in [0.15, 0.2) is 12.2 Å². The van der Waals surface area contributed by atoms with Crippen LogP contribution in [0.25, 0.3) is 0 Å². The number of carbonyl (C=O) groups excluding carboxylic acids is 4. The molecule has 0 aliphatic heterocycles. The predicted octanol–water partition coefficient (Wildman–Crippen LogP) is 8.76. The average molecular weight is 627 g/mol. The molecule has 6 unspecified atom stereocenters. The lowest BCUT2D eigenvalue weighted by Gasteiger charge is -2.30. The number of esters is 4. The molecule has 0 N–H and O–H groups in total. The van der Waals surface area contributed by atoms with Gasteiger partial charge in [-0.05, 0) is 51.4 Å². The fraction of sp³-hybridized carbons (Fsp3) is 0.889. The maximum Gasteiger partial charge on any atom is 0.309 e. The Morgan fingerprint density at radius 2 is 0.659 bits per heavy atom. The van der Waals surface area contributed by atoms with Crippen LogP contribution in [0.2, 0.25) is 0 Å². The van der Waals surface area contributed by atoms with Crippen molar-refractivity contribution in [3.8, 4) is 0 Å². The van der Waals surface area contributed by atoms with Gasteiger partial charge in [0.25, 0.3) is 0 Å². The fourth-order valence-corrected chi connectivity index (χ4v) is 5.25. The summed E-state index contributed by atoms with van der Waals surface area (Å²) >= 11 is 0. The van der Waals surface area contributed by atoms with E-state index in [4.69, 9.17) is 18.9 Å². The Kier molecular flexibility index (Phi) is 24.9. The molecule has 0 heterocycles. The Morgan fingerprint density at radius 3 is 0.886 bits per heavy atom. The topological polar surface area (TPSA) is 105 Å². The van der Waals surface area contributed by atoms with Crippen molar-refractivity contribution in [1.29, 1.82) is 0 Å². The van der Waals surface area contributed by atoms with Crippen LogP contribution in [0, 0.1) is 23.7 Å². The van der Waals surface area contributed by atoms with E-state index in [9.17, 15) is 19.2 Å². The SMILES string of the molecule is CCCCC(CC)C(=O)OCC(OC(=O)C(CC)CCCC)C(COC(=O)C(CC)CCCC)OC(=O)C(CC)CCCC. The Bertz CT molecular complexity index is 718. The molecule has 0 radical (unpaired) electrons. The van der Waals surface area contributed by atoms with Crippen molar-refractivity contribution in [2.24, 2.45) is 23.7 Å². The van der Waals surface area contributed by atoms with E-state index in [1.54, 1.807) is 0 Å². The second kappa shape index (κ2) is 26.1. The lowest BCUT2D eigenvalue weighted by molar-refractivity contribution is -0.188. The number of ether oxygens (including phenoxy) is 4. The summed E-state index contributed by atoms with van der Waals surface area (Å²) in [5.41, 5.74) is 0.